The minimum Gasteiger partial charge on any atom is -0.491 e. The Bertz CT molecular complexity index is 610. The maximum Gasteiger partial charge on any atom is 0.142 e. The van der Waals surface area contributed by atoms with Gasteiger partial charge in [0.05, 0.1) is 24.0 Å². The van der Waals surface area contributed by atoms with Crippen molar-refractivity contribution in [2.75, 3.05) is 11.9 Å². The molecule has 1 aromatic heterocycles. The lowest BCUT2D eigenvalue weighted by molar-refractivity contribution is 0.318. The van der Waals surface area contributed by atoms with Gasteiger partial charge in [-0.05, 0) is 38.5 Å². The summed E-state index contributed by atoms with van der Waals surface area (Å²) in [6, 6.07) is 5.77. The highest BCUT2D eigenvalue weighted by Gasteiger charge is 2.14. The molecule has 2 aromatic rings. The molecule has 0 aliphatic heterocycles. The average molecular weight is 308 g/mol. The highest BCUT2D eigenvalue weighted by Crippen LogP contribution is 2.31. The lowest BCUT2D eigenvalue weighted by Gasteiger charge is -2.18. The topological polar surface area (TPSA) is 39.1 Å². The summed E-state index contributed by atoms with van der Waals surface area (Å²) in [5, 5.41) is 8.54. The Labute approximate surface area is 131 Å². The van der Waals surface area contributed by atoms with E-state index < -0.39 is 0 Å². The summed E-state index contributed by atoms with van der Waals surface area (Å²) in [6.45, 7) is 6.90. The van der Waals surface area contributed by atoms with Gasteiger partial charge in [0.1, 0.15) is 5.75 Å². The minimum atomic E-state index is 0.126. The van der Waals surface area contributed by atoms with E-state index in [2.05, 4.69) is 24.3 Å². The first-order valence-corrected chi connectivity index (χ1v) is 7.58. The van der Waals surface area contributed by atoms with Crippen molar-refractivity contribution in [3.63, 3.8) is 0 Å². The first-order chi connectivity index (χ1) is 10.0. The smallest absolute Gasteiger partial charge is 0.142 e. The van der Waals surface area contributed by atoms with Crippen LogP contribution in [0.1, 0.15) is 37.6 Å². The number of nitrogens with one attached hydrogen (secondary N) is 1. The molecule has 2 rings (SSSR count). The number of halogens is 1. The standard InChI is InChI=1S/C16H22ClN3O/c1-5-8-21-16-7-6-13(17)9-15(16)18-11(2)14-10-20(4)19-12(14)3/h6-7,9-11,18H,5,8H2,1-4H3. The van der Waals surface area contributed by atoms with Crippen molar-refractivity contribution >= 4 is 17.3 Å². The molecule has 1 unspecified atom stereocenters. The number of benzene rings is 1. The predicted octanol–water partition coefficient (Wildman–Crippen LogP) is 4.34. The molecule has 5 heteroatoms. The van der Waals surface area contributed by atoms with E-state index in [0.717, 1.165) is 23.6 Å². The number of hydrogen-bond donors (Lipinski definition) is 1. The molecule has 114 valence electrons. The third kappa shape index (κ3) is 3.91. The molecular weight excluding hydrogens is 286 g/mol. The summed E-state index contributed by atoms with van der Waals surface area (Å²) in [4.78, 5) is 0. The molecule has 1 aromatic carbocycles. The van der Waals surface area contributed by atoms with Gasteiger partial charge >= 0.3 is 0 Å². The van der Waals surface area contributed by atoms with Gasteiger partial charge < -0.3 is 10.1 Å². The van der Waals surface area contributed by atoms with Crippen LogP contribution >= 0.6 is 11.6 Å². The zero-order chi connectivity index (χ0) is 15.4. The fourth-order valence-corrected chi connectivity index (χ4v) is 2.48. The maximum absolute atomic E-state index is 6.10. The van der Waals surface area contributed by atoms with E-state index in [0.29, 0.717) is 11.6 Å². The number of ether oxygens (including phenoxy) is 1. The van der Waals surface area contributed by atoms with Gasteiger partial charge in [-0.2, -0.15) is 5.10 Å². The van der Waals surface area contributed by atoms with Crippen LogP contribution in [0.4, 0.5) is 5.69 Å². The molecule has 4 nitrogen and oxygen atoms in total. The number of rotatable bonds is 6. The van der Waals surface area contributed by atoms with Gasteiger partial charge in [0, 0.05) is 23.8 Å². The predicted molar refractivity (Wildman–Crippen MR) is 87.2 cm³/mol. The van der Waals surface area contributed by atoms with Gasteiger partial charge in [-0.25, -0.2) is 0 Å². The molecule has 0 bridgehead atoms. The molecule has 0 fully saturated rings. The molecule has 1 N–H and O–H groups in total. The first-order valence-electron chi connectivity index (χ1n) is 7.20. The molecule has 0 amide bonds. The summed E-state index contributed by atoms with van der Waals surface area (Å²) < 4.78 is 7.60. The Morgan fingerprint density at radius 2 is 2.19 bits per heavy atom. The van der Waals surface area contributed by atoms with E-state index in [1.807, 2.05) is 43.0 Å². The summed E-state index contributed by atoms with van der Waals surface area (Å²) >= 11 is 6.10. The van der Waals surface area contributed by atoms with Crippen LogP contribution in [-0.2, 0) is 7.05 Å². The van der Waals surface area contributed by atoms with Crippen molar-refractivity contribution < 1.29 is 4.74 Å². The molecule has 1 atom stereocenters. The normalized spacial score (nSPS) is 12.2. The molecule has 0 saturated heterocycles. The molecule has 0 saturated carbocycles. The highest BCUT2D eigenvalue weighted by molar-refractivity contribution is 6.30. The fourth-order valence-electron chi connectivity index (χ4n) is 2.31. The van der Waals surface area contributed by atoms with Gasteiger partial charge in [-0.15, -0.1) is 0 Å². The quantitative estimate of drug-likeness (QED) is 0.862. The maximum atomic E-state index is 6.10. The van der Waals surface area contributed by atoms with Gasteiger partial charge in [0.15, 0.2) is 0 Å². The van der Waals surface area contributed by atoms with E-state index in [9.17, 15) is 0 Å². The molecule has 1 heterocycles. The SMILES string of the molecule is CCCOc1ccc(Cl)cc1NC(C)c1cn(C)nc1C. The van der Waals surface area contributed by atoms with Gasteiger partial charge in [-0.3, -0.25) is 4.68 Å². The van der Waals surface area contributed by atoms with E-state index in [-0.39, 0.29) is 6.04 Å². The third-order valence-electron chi connectivity index (χ3n) is 3.29. The van der Waals surface area contributed by atoms with E-state index in [4.69, 9.17) is 16.3 Å². The number of anilines is 1. The van der Waals surface area contributed by atoms with E-state index in [1.165, 1.54) is 5.56 Å². The number of nitrogens with zero attached hydrogens (tertiary/aromatic N) is 2. The third-order valence-corrected chi connectivity index (χ3v) is 3.53. The number of aryl methyl sites for hydroxylation is 2. The summed E-state index contributed by atoms with van der Waals surface area (Å²) in [5.74, 6) is 0.828. The first kappa shape index (κ1) is 15.7. The second-order valence-corrected chi connectivity index (χ2v) is 5.63. The lowest BCUT2D eigenvalue weighted by atomic mass is 10.1. The molecule has 0 radical (unpaired) electrons. The van der Waals surface area contributed by atoms with Crippen LogP contribution in [0.3, 0.4) is 0 Å². The fraction of sp³-hybridized carbons (Fsp3) is 0.438. The van der Waals surface area contributed by atoms with Crippen LogP contribution in [0.5, 0.6) is 5.75 Å². The van der Waals surface area contributed by atoms with Crippen molar-refractivity contribution in [2.45, 2.75) is 33.2 Å². The van der Waals surface area contributed by atoms with Crippen molar-refractivity contribution in [3.8, 4) is 5.75 Å². The van der Waals surface area contributed by atoms with Crippen LogP contribution in [0.25, 0.3) is 0 Å². The van der Waals surface area contributed by atoms with E-state index in [1.54, 1.807) is 0 Å². The molecule has 21 heavy (non-hydrogen) atoms. The van der Waals surface area contributed by atoms with Gasteiger partial charge in [-0.1, -0.05) is 18.5 Å². The van der Waals surface area contributed by atoms with Crippen LogP contribution in [0.15, 0.2) is 24.4 Å². The Morgan fingerprint density at radius 3 is 2.81 bits per heavy atom. The monoisotopic (exact) mass is 307 g/mol. The average Bonchev–Trinajstić information content (AvgIpc) is 2.77. The Hall–Kier alpha value is -1.68. The second kappa shape index (κ2) is 6.85. The zero-order valence-corrected chi connectivity index (χ0v) is 13.7. The number of hydrogen-bond acceptors (Lipinski definition) is 3. The largest absolute Gasteiger partial charge is 0.491 e. The second-order valence-electron chi connectivity index (χ2n) is 5.20. The van der Waals surface area contributed by atoms with Crippen LogP contribution in [0, 0.1) is 6.92 Å². The summed E-state index contributed by atoms with van der Waals surface area (Å²) in [5.41, 5.74) is 3.10. The highest BCUT2D eigenvalue weighted by atomic mass is 35.5. The summed E-state index contributed by atoms with van der Waals surface area (Å²) in [6.07, 6.45) is 3.00. The van der Waals surface area contributed by atoms with Crippen LogP contribution < -0.4 is 10.1 Å². The van der Waals surface area contributed by atoms with Crippen molar-refractivity contribution in [3.05, 3.63) is 40.7 Å². The van der Waals surface area contributed by atoms with Crippen molar-refractivity contribution in [1.29, 1.82) is 0 Å². The molecule has 0 aliphatic rings. The minimum absolute atomic E-state index is 0.126. The zero-order valence-electron chi connectivity index (χ0n) is 13.0. The molecule has 0 spiro atoms. The van der Waals surface area contributed by atoms with Crippen molar-refractivity contribution in [2.24, 2.45) is 7.05 Å². The van der Waals surface area contributed by atoms with Gasteiger partial charge in [0.2, 0.25) is 0 Å². The van der Waals surface area contributed by atoms with Crippen molar-refractivity contribution in [1.82, 2.24) is 9.78 Å². The Morgan fingerprint density at radius 1 is 1.43 bits per heavy atom. The van der Waals surface area contributed by atoms with Crippen LogP contribution in [-0.4, -0.2) is 16.4 Å². The summed E-state index contributed by atoms with van der Waals surface area (Å²) in [7, 11) is 1.93. The Balaban J connectivity index is 2.21. The molecular formula is C16H22ClN3O. The Kier molecular flexibility index (Phi) is 5.12. The number of aromatic nitrogens is 2. The van der Waals surface area contributed by atoms with Crippen LogP contribution in [0.2, 0.25) is 5.02 Å². The lowest BCUT2D eigenvalue weighted by Crippen LogP contribution is -2.09. The molecule has 0 aliphatic carbocycles. The van der Waals surface area contributed by atoms with E-state index >= 15 is 0 Å². The van der Waals surface area contributed by atoms with Gasteiger partial charge in [0.25, 0.3) is 0 Å².